The van der Waals surface area contributed by atoms with Crippen LogP contribution in [0.15, 0.2) is 41.3 Å². The number of aromatic amines is 1. The van der Waals surface area contributed by atoms with Crippen molar-refractivity contribution in [3.63, 3.8) is 0 Å². The molecule has 0 spiro atoms. The Morgan fingerprint density at radius 1 is 1.33 bits per heavy atom. The van der Waals surface area contributed by atoms with Crippen LogP contribution in [0.1, 0.15) is 22.8 Å². The largest absolute Gasteiger partial charge is 0.462 e. The second kappa shape index (κ2) is 6.57. The molecule has 0 unspecified atom stereocenters. The zero-order valence-electron chi connectivity index (χ0n) is 13.3. The molecule has 0 atom stereocenters. The molecule has 0 saturated heterocycles. The smallest absolute Gasteiger partial charge is 0.345 e. The number of carbonyl (C=O) groups is 1. The number of nitrogen functional groups attached to an aromatic ring is 1. The summed E-state index contributed by atoms with van der Waals surface area (Å²) in [4.78, 5) is 26.8. The maximum Gasteiger partial charge on any atom is 0.345 e. The highest BCUT2D eigenvalue weighted by Gasteiger charge is 2.20. The Hall–Kier alpha value is -3.09. The van der Waals surface area contributed by atoms with Crippen LogP contribution in [0.2, 0.25) is 0 Å². The molecule has 3 N–H and O–H groups in total. The van der Waals surface area contributed by atoms with E-state index >= 15 is 0 Å². The van der Waals surface area contributed by atoms with Crippen LogP contribution in [0.5, 0.6) is 0 Å². The molecule has 0 aliphatic heterocycles. The number of anilines is 1. The average Bonchev–Trinajstić information content (AvgIpc) is 2.97. The molecule has 0 bridgehead atoms. The quantitative estimate of drug-likeness (QED) is 0.695. The number of aryl methyl sites for hydroxylation is 2. The third-order valence-corrected chi connectivity index (χ3v) is 3.79. The van der Waals surface area contributed by atoms with Crippen molar-refractivity contribution in [3.8, 4) is 0 Å². The molecule has 0 aliphatic carbocycles. The van der Waals surface area contributed by atoms with Gasteiger partial charge in [-0.05, 0) is 18.9 Å². The number of benzene rings is 1. The Morgan fingerprint density at radius 2 is 2.08 bits per heavy atom. The fourth-order valence-electron chi connectivity index (χ4n) is 2.60. The Morgan fingerprint density at radius 3 is 2.79 bits per heavy atom. The molecular formula is C17H18N4O3. The molecule has 1 aromatic carbocycles. The number of hydrogen-bond acceptors (Lipinski definition) is 5. The van der Waals surface area contributed by atoms with Crippen LogP contribution < -0.4 is 11.3 Å². The van der Waals surface area contributed by atoms with E-state index in [-0.39, 0.29) is 17.9 Å². The van der Waals surface area contributed by atoms with Gasteiger partial charge in [-0.2, -0.15) is 5.10 Å². The van der Waals surface area contributed by atoms with Gasteiger partial charge in [0.05, 0.1) is 23.9 Å². The SMILES string of the molecule is CCOC(=O)c1c(N)c2cnn(CCc3ccccc3)c2[nH]c1=O. The minimum absolute atomic E-state index is 0.0955. The van der Waals surface area contributed by atoms with Crippen LogP contribution in [0, 0.1) is 0 Å². The van der Waals surface area contributed by atoms with Gasteiger partial charge in [0.25, 0.3) is 5.56 Å². The number of aromatic nitrogens is 3. The normalized spacial score (nSPS) is 10.9. The summed E-state index contributed by atoms with van der Waals surface area (Å²) in [6.45, 7) is 2.43. The monoisotopic (exact) mass is 326 g/mol. The molecule has 0 saturated carbocycles. The van der Waals surface area contributed by atoms with Crippen molar-refractivity contribution in [1.82, 2.24) is 14.8 Å². The zero-order chi connectivity index (χ0) is 17.1. The van der Waals surface area contributed by atoms with Crippen LogP contribution in [0.4, 0.5) is 5.69 Å². The van der Waals surface area contributed by atoms with E-state index in [0.29, 0.717) is 17.6 Å². The summed E-state index contributed by atoms with van der Waals surface area (Å²) in [7, 11) is 0. The Bertz CT molecular complexity index is 928. The Kier molecular flexibility index (Phi) is 4.33. The van der Waals surface area contributed by atoms with Crippen molar-refractivity contribution in [2.24, 2.45) is 0 Å². The molecule has 3 aromatic rings. The molecule has 0 fully saturated rings. The van der Waals surface area contributed by atoms with Crippen LogP contribution >= 0.6 is 0 Å². The Labute approximate surface area is 138 Å². The van der Waals surface area contributed by atoms with Gasteiger partial charge < -0.3 is 15.5 Å². The summed E-state index contributed by atoms with van der Waals surface area (Å²) in [6, 6.07) is 9.97. The topological polar surface area (TPSA) is 103 Å². The number of nitrogens with two attached hydrogens (primary N) is 1. The third kappa shape index (κ3) is 2.88. The van der Waals surface area contributed by atoms with E-state index in [1.165, 1.54) is 5.56 Å². The van der Waals surface area contributed by atoms with Gasteiger partial charge in [-0.25, -0.2) is 9.48 Å². The van der Waals surface area contributed by atoms with Crippen molar-refractivity contribution < 1.29 is 9.53 Å². The lowest BCUT2D eigenvalue weighted by molar-refractivity contribution is 0.0526. The summed E-state index contributed by atoms with van der Waals surface area (Å²) >= 11 is 0. The van der Waals surface area contributed by atoms with E-state index in [2.05, 4.69) is 10.1 Å². The Balaban J connectivity index is 1.95. The number of nitrogens with one attached hydrogen (secondary N) is 1. The van der Waals surface area contributed by atoms with Gasteiger partial charge in [0, 0.05) is 6.54 Å². The van der Waals surface area contributed by atoms with Gasteiger partial charge in [-0.1, -0.05) is 30.3 Å². The first-order chi connectivity index (χ1) is 11.6. The second-order valence-electron chi connectivity index (χ2n) is 5.33. The first kappa shape index (κ1) is 15.8. The number of carbonyl (C=O) groups excluding carboxylic acids is 1. The number of nitrogens with zero attached hydrogens (tertiary/aromatic N) is 2. The van der Waals surface area contributed by atoms with Crippen LogP contribution in [0.25, 0.3) is 11.0 Å². The lowest BCUT2D eigenvalue weighted by Gasteiger charge is -2.07. The molecular weight excluding hydrogens is 308 g/mol. The lowest BCUT2D eigenvalue weighted by atomic mass is 10.1. The molecule has 124 valence electrons. The zero-order valence-corrected chi connectivity index (χ0v) is 13.3. The molecule has 0 amide bonds. The summed E-state index contributed by atoms with van der Waals surface area (Å²) in [6.07, 6.45) is 2.31. The molecule has 2 heterocycles. The van der Waals surface area contributed by atoms with E-state index in [4.69, 9.17) is 10.5 Å². The number of ether oxygens (including phenoxy) is 1. The highest BCUT2D eigenvalue weighted by molar-refractivity contribution is 6.03. The highest BCUT2D eigenvalue weighted by atomic mass is 16.5. The number of H-pyrrole nitrogens is 1. The van der Waals surface area contributed by atoms with Crippen molar-refractivity contribution in [3.05, 3.63) is 58.0 Å². The first-order valence-corrected chi connectivity index (χ1v) is 7.70. The molecule has 7 nitrogen and oxygen atoms in total. The lowest BCUT2D eigenvalue weighted by Crippen LogP contribution is -2.23. The van der Waals surface area contributed by atoms with E-state index in [1.807, 2.05) is 30.3 Å². The summed E-state index contributed by atoms with van der Waals surface area (Å²) < 4.78 is 6.56. The van der Waals surface area contributed by atoms with Crippen molar-refractivity contribution in [2.45, 2.75) is 19.9 Å². The van der Waals surface area contributed by atoms with E-state index < -0.39 is 11.5 Å². The van der Waals surface area contributed by atoms with Gasteiger partial charge >= 0.3 is 5.97 Å². The van der Waals surface area contributed by atoms with Crippen molar-refractivity contribution in [1.29, 1.82) is 0 Å². The minimum Gasteiger partial charge on any atom is -0.462 e. The summed E-state index contributed by atoms with van der Waals surface area (Å²) in [5, 5.41) is 4.81. The number of fused-ring (bicyclic) bond motifs is 1. The van der Waals surface area contributed by atoms with Crippen molar-refractivity contribution in [2.75, 3.05) is 12.3 Å². The highest BCUT2D eigenvalue weighted by Crippen LogP contribution is 2.21. The molecule has 3 rings (SSSR count). The van der Waals surface area contributed by atoms with Gasteiger partial charge in [-0.15, -0.1) is 0 Å². The number of pyridine rings is 1. The standard InChI is InChI=1S/C17H18N4O3/c1-2-24-17(23)13-14(18)12-10-19-21(15(12)20-16(13)22)9-8-11-6-4-3-5-7-11/h3-7,10H,2,8-9H2,1H3,(H3,18,20,22). The fraction of sp³-hybridized carbons (Fsp3) is 0.235. The molecule has 24 heavy (non-hydrogen) atoms. The first-order valence-electron chi connectivity index (χ1n) is 7.70. The van der Waals surface area contributed by atoms with Gasteiger partial charge in [0.15, 0.2) is 0 Å². The average molecular weight is 326 g/mol. The number of esters is 1. The van der Waals surface area contributed by atoms with Crippen LogP contribution in [0.3, 0.4) is 0 Å². The van der Waals surface area contributed by atoms with Gasteiger partial charge in [0.1, 0.15) is 11.2 Å². The second-order valence-corrected chi connectivity index (χ2v) is 5.33. The van der Waals surface area contributed by atoms with Gasteiger partial charge in [-0.3, -0.25) is 4.79 Å². The maximum absolute atomic E-state index is 12.2. The van der Waals surface area contributed by atoms with Crippen LogP contribution in [-0.4, -0.2) is 27.3 Å². The summed E-state index contributed by atoms with van der Waals surface area (Å²) in [5.41, 5.74) is 7.02. The van der Waals surface area contributed by atoms with E-state index in [0.717, 1.165) is 6.42 Å². The van der Waals surface area contributed by atoms with E-state index in [1.54, 1.807) is 17.8 Å². The van der Waals surface area contributed by atoms with Crippen LogP contribution in [-0.2, 0) is 17.7 Å². The molecule has 7 heteroatoms. The number of rotatable bonds is 5. The minimum atomic E-state index is -0.727. The molecule has 0 radical (unpaired) electrons. The van der Waals surface area contributed by atoms with Crippen molar-refractivity contribution >= 4 is 22.7 Å². The molecule has 2 aromatic heterocycles. The van der Waals surface area contributed by atoms with E-state index in [9.17, 15) is 9.59 Å². The summed E-state index contributed by atoms with van der Waals surface area (Å²) in [5.74, 6) is -0.727. The third-order valence-electron chi connectivity index (χ3n) is 3.79. The van der Waals surface area contributed by atoms with Gasteiger partial charge in [0.2, 0.25) is 0 Å². The fourth-order valence-corrected chi connectivity index (χ4v) is 2.60. The predicted molar refractivity (Wildman–Crippen MR) is 90.9 cm³/mol. The molecule has 0 aliphatic rings. The maximum atomic E-state index is 12.2. The predicted octanol–water partition coefficient (Wildman–Crippen LogP) is 1.73. The number of hydrogen-bond donors (Lipinski definition) is 2.